The molecule has 1 aromatic carbocycles. The van der Waals surface area contributed by atoms with Crippen molar-refractivity contribution in [2.24, 2.45) is 0 Å². The maximum atomic E-state index is 12.0. The number of nitrogens with zero attached hydrogens (tertiary/aromatic N) is 1. The predicted molar refractivity (Wildman–Crippen MR) is 98.8 cm³/mol. The van der Waals surface area contributed by atoms with Gasteiger partial charge in [-0.3, -0.25) is 9.59 Å². The standard InChI is InChI=1S/C20H26N2O3/c1-15(2)25-18-11-9-17(10-12-18)8-7-16(3)21-19(23)14-22-13-5-4-6-20(22)24/h4-6,9-13,15-16H,7-8,14H2,1-3H3,(H,21,23)/t16-/m0/s1. The van der Waals surface area contributed by atoms with Crippen LogP contribution >= 0.6 is 0 Å². The summed E-state index contributed by atoms with van der Waals surface area (Å²) in [4.78, 5) is 23.7. The van der Waals surface area contributed by atoms with E-state index in [1.807, 2.05) is 32.9 Å². The largest absolute Gasteiger partial charge is 0.491 e. The molecule has 0 fully saturated rings. The van der Waals surface area contributed by atoms with Crippen LogP contribution in [0.4, 0.5) is 0 Å². The Kier molecular flexibility index (Phi) is 6.81. The van der Waals surface area contributed by atoms with Gasteiger partial charge in [0.1, 0.15) is 12.3 Å². The Morgan fingerprint density at radius 2 is 1.84 bits per heavy atom. The fourth-order valence-electron chi connectivity index (χ4n) is 2.53. The van der Waals surface area contributed by atoms with E-state index >= 15 is 0 Å². The zero-order chi connectivity index (χ0) is 18.2. The van der Waals surface area contributed by atoms with Gasteiger partial charge in [0.05, 0.1) is 6.10 Å². The molecule has 1 aromatic heterocycles. The molecule has 0 saturated heterocycles. The molecular weight excluding hydrogens is 316 g/mol. The van der Waals surface area contributed by atoms with Gasteiger partial charge in [0.15, 0.2) is 0 Å². The number of carbonyl (C=O) groups excluding carboxylic acids is 1. The molecule has 25 heavy (non-hydrogen) atoms. The molecule has 0 aliphatic carbocycles. The molecule has 2 aromatic rings. The summed E-state index contributed by atoms with van der Waals surface area (Å²) >= 11 is 0. The molecule has 0 saturated carbocycles. The molecule has 5 heteroatoms. The minimum Gasteiger partial charge on any atom is -0.491 e. The van der Waals surface area contributed by atoms with Crippen LogP contribution in [0.25, 0.3) is 0 Å². The second kappa shape index (κ2) is 9.06. The number of hydrogen-bond donors (Lipinski definition) is 1. The molecule has 0 unspecified atom stereocenters. The van der Waals surface area contributed by atoms with Crippen molar-refractivity contribution in [2.75, 3.05) is 0 Å². The van der Waals surface area contributed by atoms with Crippen molar-refractivity contribution in [3.8, 4) is 5.75 Å². The number of amides is 1. The molecule has 5 nitrogen and oxygen atoms in total. The van der Waals surface area contributed by atoms with Crippen LogP contribution in [0, 0.1) is 0 Å². The van der Waals surface area contributed by atoms with Crippen molar-refractivity contribution in [1.29, 1.82) is 0 Å². The van der Waals surface area contributed by atoms with Crippen molar-refractivity contribution in [2.45, 2.75) is 52.3 Å². The number of nitrogens with one attached hydrogen (secondary N) is 1. The van der Waals surface area contributed by atoms with E-state index in [0.29, 0.717) is 0 Å². The number of carbonyl (C=O) groups is 1. The fourth-order valence-corrected chi connectivity index (χ4v) is 2.53. The lowest BCUT2D eigenvalue weighted by molar-refractivity contribution is -0.122. The lowest BCUT2D eigenvalue weighted by Crippen LogP contribution is -2.37. The molecule has 0 aliphatic heterocycles. The molecule has 1 N–H and O–H groups in total. The SMILES string of the molecule is CC(C)Oc1ccc(CC[C@H](C)NC(=O)Cn2ccccc2=O)cc1. The summed E-state index contributed by atoms with van der Waals surface area (Å²) in [5.41, 5.74) is 1.03. The van der Waals surface area contributed by atoms with Gasteiger partial charge in [-0.25, -0.2) is 0 Å². The van der Waals surface area contributed by atoms with Gasteiger partial charge >= 0.3 is 0 Å². The number of benzene rings is 1. The third kappa shape index (κ3) is 6.45. The number of aromatic nitrogens is 1. The third-order valence-electron chi connectivity index (χ3n) is 3.78. The zero-order valence-electron chi connectivity index (χ0n) is 15.1. The fraction of sp³-hybridized carbons (Fsp3) is 0.400. The van der Waals surface area contributed by atoms with Crippen LogP contribution in [0.15, 0.2) is 53.5 Å². The Morgan fingerprint density at radius 1 is 1.12 bits per heavy atom. The molecule has 1 atom stereocenters. The smallest absolute Gasteiger partial charge is 0.250 e. The Morgan fingerprint density at radius 3 is 2.48 bits per heavy atom. The number of aryl methyl sites for hydroxylation is 1. The van der Waals surface area contributed by atoms with E-state index in [1.54, 1.807) is 18.3 Å². The highest BCUT2D eigenvalue weighted by atomic mass is 16.5. The van der Waals surface area contributed by atoms with E-state index in [9.17, 15) is 9.59 Å². The predicted octanol–water partition coefficient (Wildman–Crippen LogP) is 2.77. The Hall–Kier alpha value is -2.56. The lowest BCUT2D eigenvalue weighted by atomic mass is 10.1. The average Bonchev–Trinajstić information content (AvgIpc) is 2.56. The second-order valence-corrected chi connectivity index (χ2v) is 6.48. The van der Waals surface area contributed by atoms with Gasteiger partial charge < -0.3 is 14.6 Å². The van der Waals surface area contributed by atoms with Gasteiger partial charge in [0.2, 0.25) is 5.91 Å². The summed E-state index contributed by atoms with van der Waals surface area (Å²) in [6.45, 7) is 6.02. The summed E-state index contributed by atoms with van der Waals surface area (Å²) in [6, 6.07) is 12.9. The van der Waals surface area contributed by atoms with E-state index in [1.165, 1.54) is 16.2 Å². The zero-order valence-corrected chi connectivity index (χ0v) is 15.1. The van der Waals surface area contributed by atoms with E-state index in [4.69, 9.17) is 4.74 Å². The molecule has 1 heterocycles. The number of ether oxygens (including phenoxy) is 1. The van der Waals surface area contributed by atoms with Gasteiger partial charge in [-0.1, -0.05) is 18.2 Å². The van der Waals surface area contributed by atoms with Crippen molar-refractivity contribution in [1.82, 2.24) is 9.88 Å². The minimum atomic E-state index is -0.172. The monoisotopic (exact) mass is 342 g/mol. The number of rotatable bonds is 8. The van der Waals surface area contributed by atoms with Gasteiger partial charge in [0.25, 0.3) is 5.56 Å². The normalized spacial score (nSPS) is 12.0. The maximum Gasteiger partial charge on any atom is 0.250 e. The van der Waals surface area contributed by atoms with Crippen LogP contribution in [0.3, 0.4) is 0 Å². The summed E-state index contributed by atoms with van der Waals surface area (Å²) in [5.74, 6) is 0.717. The quantitative estimate of drug-likeness (QED) is 0.802. The highest BCUT2D eigenvalue weighted by Crippen LogP contribution is 2.15. The van der Waals surface area contributed by atoms with E-state index in [0.717, 1.165) is 18.6 Å². The van der Waals surface area contributed by atoms with Crippen LogP contribution in [0.5, 0.6) is 5.75 Å². The van der Waals surface area contributed by atoms with Gasteiger partial charge in [-0.05, 0) is 57.4 Å². The molecule has 0 radical (unpaired) electrons. The van der Waals surface area contributed by atoms with E-state index in [-0.39, 0.29) is 30.2 Å². The first-order valence-electron chi connectivity index (χ1n) is 8.64. The van der Waals surface area contributed by atoms with Gasteiger partial charge in [-0.15, -0.1) is 0 Å². The van der Waals surface area contributed by atoms with Crippen molar-refractivity contribution in [3.05, 3.63) is 64.6 Å². The highest BCUT2D eigenvalue weighted by molar-refractivity contribution is 5.76. The summed E-state index contributed by atoms with van der Waals surface area (Å²) in [6.07, 6.45) is 3.49. The minimum absolute atomic E-state index is 0.0403. The van der Waals surface area contributed by atoms with Crippen LogP contribution in [0.1, 0.15) is 32.8 Å². The number of hydrogen-bond acceptors (Lipinski definition) is 3. The highest BCUT2D eigenvalue weighted by Gasteiger charge is 2.09. The Balaban J connectivity index is 1.78. The summed E-state index contributed by atoms with van der Waals surface area (Å²) < 4.78 is 7.03. The molecular formula is C20H26N2O3. The second-order valence-electron chi connectivity index (χ2n) is 6.48. The van der Waals surface area contributed by atoms with Crippen molar-refractivity contribution < 1.29 is 9.53 Å². The molecule has 0 bridgehead atoms. The Bertz CT molecular complexity index is 735. The van der Waals surface area contributed by atoms with Crippen molar-refractivity contribution in [3.63, 3.8) is 0 Å². The lowest BCUT2D eigenvalue weighted by Gasteiger charge is -2.15. The van der Waals surface area contributed by atoms with Gasteiger partial charge in [-0.2, -0.15) is 0 Å². The van der Waals surface area contributed by atoms with E-state index < -0.39 is 0 Å². The third-order valence-corrected chi connectivity index (χ3v) is 3.78. The molecule has 2 rings (SSSR count). The van der Waals surface area contributed by atoms with Gasteiger partial charge in [0, 0.05) is 18.3 Å². The number of pyridine rings is 1. The first kappa shape index (κ1) is 18.8. The summed E-state index contributed by atoms with van der Waals surface area (Å²) in [7, 11) is 0. The molecule has 0 spiro atoms. The molecule has 134 valence electrons. The van der Waals surface area contributed by atoms with Crippen LogP contribution < -0.4 is 15.6 Å². The first-order valence-corrected chi connectivity index (χ1v) is 8.64. The van der Waals surface area contributed by atoms with Crippen LogP contribution in [-0.2, 0) is 17.8 Å². The average molecular weight is 342 g/mol. The van der Waals surface area contributed by atoms with Crippen molar-refractivity contribution >= 4 is 5.91 Å². The topological polar surface area (TPSA) is 60.3 Å². The van der Waals surface area contributed by atoms with Crippen LogP contribution in [-0.4, -0.2) is 22.6 Å². The first-order chi connectivity index (χ1) is 11.9. The summed E-state index contributed by atoms with van der Waals surface area (Å²) in [5, 5.41) is 2.94. The molecule has 0 aliphatic rings. The molecule has 1 amide bonds. The maximum absolute atomic E-state index is 12.0. The Labute approximate surface area is 148 Å². The van der Waals surface area contributed by atoms with E-state index in [2.05, 4.69) is 17.4 Å². The van der Waals surface area contributed by atoms with Crippen LogP contribution in [0.2, 0.25) is 0 Å².